The van der Waals surface area contributed by atoms with Crippen LogP contribution in [0.5, 0.6) is 11.5 Å². The highest BCUT2D eigenvalue weighted by molar-refractivity contribution is 7.80. The third-order valence-electron chi connectivity index (χ3n) is 4.47. The quantitative estimate of drug-likeness (QED) is 0.447. The molecule has 0 aromatic heterocycles. The average molecular weight is 417 g/mol. The van der Waals surface area contributed by atoms with Crippen molar-refractivity contribution in [1.29, 1.82) is 0 Å². The molecule has 1 aliphatic rings. The van der Waals surface area contributed by atoms with Crippen molar-refractivity contribution in [1.82, 2.24) is 10.6 Å². The number of nitrogens with one attached hydrogen (secondary N) is 2. The number of carbonyl (C=O) groups excluding carboxylic acids is 1. The van der Waals surface area contributed by atoms with E-state index in [4.69, 9.17) is 21.7 Å². The summed E-state index contributed by atoms with van der Waals surface area (Å²) < 4.78 is 12.1. The zero-order chi connectivity index (χ0) is 20.8. The van der Waals surface area contributed by atoms with E-state index in [-0.39, 0.29) is 5.91 Å². The Hall–Kier alpha value is -3.64. The Morgan fingerprint density at radius 3 is 1.93 bits per heavy atom. The fourth-order valence-corrected chi connectivity index (χ4v) is 3.17. The van der Waals surface area contributed by atoms with E-state index in [2.05, 4.69) is 10.6 Å². The summed E-state index contributed by atoms with van der Waals surface area (Å²) in [5.41, 5.74) is 3.31. The Labute approximate surface area is 180 Å². The highest BCUT2D eigenvalue weighted by Gasteiger charge is 2.20. The second-order valence-electron chi connectivity index (χ2n) is 6.72. The van der Waals surface area contributed by atoms with E-state index >= 15 is 0 Å². The first-order valence-corrected chi connectivity index (χ1v) is 9.90. The summed E-state index contributed by atoms with van der Waals surface area (Å²) >= 11 is 4.98. The molecule has 3 aromatic rings. The van der Waals surface area contributed by atoms with Gasteiger partial charge in [0.05, 0.1) is 0 Å². The molecule has 0 radical (unpaired) electrons. The molecule has 150 valence electrons. The number of amides is 1. The van der Waals surface area contributed by atoms with Gasteiger partial charge in [0.2, 0.25) is 0 Å². The van der Waals surface area contributed by atoms with Gasteiger partial charge in [0.25, 0.3) is 5.91 Å². The Bertz CT molecular complexity index is 1080. The van der Waals surface area contributed by atoms with E-state index in [9.17, 15) is 4.79 Å². The Kier molecular flexibility index (Phi) is 6.06. The van der Waals surface area contributed by atoms with Crippen molar-refractivity contribution in [2.75, 3.05) is 0 Å². The zero-order valence-corrected chi connectivity index (χ0v) is 16.9. The van der Waals surface area contributed by atoms with Gasteiger partial charge in [-0.15, -0.1) is 0 Å². The highest BCUT2D eigenvalue weighted by Crippen LogP contribution is 2.31. The van der Waals surface area contributed by atoms with E-state index in [1.54, 1.807) is 6.08 Å². The topological polar surface area (TPSA) is 59.6 Å². The van der Waals surface area contributed by atoms with Crippen LogP contribution in [-0.4, -0.2) is 11.0 Å². The third kappa shape index (κ3) is 5.04. The molecule has 3 aromatic carbocycles. The van der Waals surface area contributed by atoms with Crippen LogP contribution in [0.15, 0.2) is 84.6 Å². The average Bonchev–Trinajstić information content (AvgIpc) is 3.09. The Morgan fingerprint density at radius 2 is 1.37 bits per heavy atom. The van der Waals surface area contributed by atoms with Crippen molar-refractivity contribution in [2.24, 2.45) is 0 Å². The van der Waals surface area contributed by atoms with Crippen molar-refractivity contribution in [3.8, 4) is 11.5 Å². The zero-order valence-electron chi connectivity index (χ0n) is 16.1. The van der Waals surface area contributed by atoms with Gasteiger partial charge in [-0.25, -0.2) is 0 Å². The van der Waals surface area contributed by atoms with Gasteiger partial charge in [-0.2, -0.15) is 0 Å². The lowest BCUT2D eigenvalue weighted by atomic mass is 10.1. The first kappa shape index (κ1) is 19.7. The molecule has 4 rings (SSSR count). The predicted octanol–water partition coefficient (Wildman–Crippen LogP) is 4.19. The number of benzene rings is 3. The fourth-order valence-electron chi connectivity index (χ4n) is 2.97. The molecule has 2 N–H and O–H groups in total. The standard InChI is InChI=1S/C24H20N2O3S/c27-23-20(25-24(30)26-23)13-19-11-12-21(28-15-17-7-3-1-4-8-17)22(14-19)29-16-18-9-5-2-6-10-18/h1-14H,15-16H2,(H2,25,26,27,30)/b20-13-. The van der Waals surface area contributed by atoms with Crippen LogP contribution in [0.3, 0.4) is 0 Å². The second kappa shape index (κ2) is 9.24. The minimum atomic E-state index is -0.254. The maximum absolute atomic E-state index is 11.9. The van der Waals surface area contributed by atoms with Gasteiger partial charge in [0.15, 0.2) is 16.6 Å². The van der Waals surface area contributed by atoms with Crippen molar-refractivity contribution in [2.45, 2.75) is 13.2 Å². The fraction of sp³-hybridized carbons (Fsp3) is 0.0833. The van der Waals surface area contributed by atoms with Gasteiger partial charge in [0.1, 0.15) is 18.9 Å². The lowest BCUT2D eigenvalue weighted by Crippen LogP contribution is -2.21. The van der Waals surface area contributed by atoms with Crippen LogP contribution in [0.2, 0.25) is 0 Å². The van der Waals surface area contributed by atoms with Crippen LogP contribution < -0.4 is 20.1 Å². The summed E-state index contributed by atoms with van der Waals surface area (Å²) in [5.74, 6) is 0.984. The monoisotopic (exact) mass is 416 g/mol. The summed E-state index contributed by atoms with van der Waals surface area (Å²) in [4.78, 5) is 11.9. The predicted molar refractivity (Wildman–Crippen MR) is 120 cm³/mol. The molecule has 0 unspecified atom stereocenters. The Morgan fingerprint density at radius 1 is 0.767 bits per heavy atom. The molecule has 1 amide bonds. The lowest BCUT2D eigenvalue weighted by molar-refractivity contribution is -0.115. The molecule has 0 aliphatic carbocycles. The molecule has 30 heavy (non-hydrogen) atoms. The Balaban J connectivity index is 1.57. The van der Waals surface area contributed by atoms with Gasteiger partial charge in [0, 0.05) is 0 Å². The number of hydrogen-bond donors (Lipinski definition) is 2. The molecule has 5 nitrogen and oxygen atoms in total. The smallest absolute Gasteiger partial charge is 0.273 e. The van der Waals surface area contributed by atoms with Crippen LogP contribution in [0, 0.1) is 0 Å². The molecule has 0 bridgehead atoms. The van der Waals surface area contributed by atoms with Gasteiger partial charge >= 0.3 is 0 Å². The first-order valence-electron chi connectivity index (χ1n) is 9.49. The van der Waals surface area contributed by atoms with Crippen LogP contribution in [-0.2, 0) is 18.0 Å². The molecule has 1 fully saturated rings. The summed E-state index contributed by atoms with van der Waals surface area (Å²) in [7, 11) is 0. The molecular weight excluding hydrogens is 396 g/mol. The van der Waals surface area contributed by atoms with Crippen LogP contribution in [0.4, 0.5) is 0 Å². The second-order valence-corrected chi connectivity index (χ2v) is 7.13. The number of hydrogen-bond acceptors (Lipinski definition) is 4. The van der Waals surface area contributed by atoms with E-state index < -0.39 is 0 Å². The molecule has 1 saturated heterocycles. The molecule has 0 spiro atoms. The number of thiocarbonyl (C=S) groups is 1. The normalized spacial score (nSPS) is 14.3. The van der Waals surface area contributed by atoms with Crippen LogP contribution >= 0.6 is 12.2 Å². The number of ether oxygens (including phenoxy) is 2. The van der Waals surface area contributed by atoms with Crippen molar-refractivity contribution >= 4 is 29.3 Å². The molecule has 6 heteroatoms. The first-order chi connectivity index (χ1) is 14.7. The van der Waals surface area contributed by atoms with E-state index in [0.717, 1.165) is 16.7 Å². The van der Waals surface area contributed by atoms with E-state index in [0.29, 0.717) is 35.5 Å². The summed E-state index contributed by atoms with van der Waals surface area (Å²) in [6.07, 6.45) is 1.73. The van der Waals surface area contributed by atoms with Crippen molar-refractivity contribution in [3.05, 3.63) is 101 Å². The summed E-state index contributed by atoms with van der Waals surface area (Å²) in [5, 5.41) is 5.71. The molecule has 0 atom stereocenters. The SMILES string of the molecule is O=C1NC(=S)N/C1=C\c1ccc(OCc2ccccc2)c(OCc2ccccc2)c1. The largest absolute Gasteiger partial charge is 0.485 e. The van der Waals surface area contributed by atoms with E-state index in [1.807, 2.05) is 78.9 Å². The van der Waals surface area contributed by atoms with Gasteiger partial charge in [-0.1, -0.05) is 66.7 Å². The number of rotatable bonds is 7. The van der Waals surface area contributed by atoms with E-state index in [1.165, 1.54) is 0 Å². The lowest BCUT2D eigenvalue weighted by Gasteiger charge is -2.14. The van der Waals surface area contributed by atoms with Gasteiger partial charge < -0.3 is 14.8 Å². The maximum atomic E-state index is 11.9. The minimum Gasteiger partial charge on any atom is -0.485 e. The summed E-state index contributed by atoms with van der Waals surface area (Å²) in [6, 6.07) is 25.4. The van der Waals surface area contributed by atoms with Crippen molar-refractivity contribution < 1.29 is 14.3 Å². The molecule has 1 heterocycles. The highest BCUT2D eigenvalue weighted by atomic mass is 32.1. The third-order valence-corrected chi connectivity index (χ3v) is 4.68. The van der Waals surface area contributed by atoms with Gasteiger partial charge in [-0.05, 0) is 47.1 Å². The number of carbonyl (C=O) groups is 1. The molecule has 1 aliphatic heterocycles. The van der Waals surface area contributed by atoms with Gasteiger partial charge in [-0.3, -0.25) is 10.1 Å². The maximum Gasteiger partial charge on any atom is 0.273 e. The molecular formula is C24H20N2O3S. The minimum absolute atomic E-state index is 0.254. The summed E-state index contributed by atoms with van der Waals surface area (Å²) in [6.45, 7) is 0.840. The molecule has 0 saturated carbocycles. The van der Waals surface area contributed by atoms with Crippen molar-refractivity contribution in [3.63, 3.8) is 0 Å². The van der Waals surface area contributed by atoms with Crippen LogP contribution in [0.1, 0.15) is 16.7 Å². The van der Waals surface area contributed by atoms with Crippen LogP contribution in [0.25, 0.3) is 6.08 Å².